The number of carbonyl (C=O) groups excluding carboxylic acids is 1. The van der Waals surface area contributed by atoms with Crippen LogP contribution in [0.5, 0.6) is 0 Å². The molecule has 1 heterocycles. The Balaban J connectivity index is 1.82. The van der Waals surface area contributed by atoms with Crippen LogP contribution in [-0.2, 0) is 4.74 Å². The smallest absolute Gasteiger partial charge is 0.407 e. The van der Waals surface area contributed by atoms with Crippen molar-refractivity contribution in [3.63, 3.8) is 0 Å². The molecule has 1 fully saturated rings. The van der Waals surface area contributed by atoms with Crippen molar-refractivity contribution in [3.8, 4) is 0 Å². The zero-order valence-electron chi connectivity index (χ0n) is 14.4. The van der Waals surface area contributed by atoms with E-state index in [-0.39, 0.29) is 11.9 Å². The van der Waals surface area contributed by atoms with Gasteiger partial charge >= 0.3 is 6.09 Å². The fourth-order valence-corrected chi connectivity index (χ4v) is 2.68. The topological polar surface area (TPSA) is 97.7 Å². The second-order valence-corrected chi connectivity index (χ2v) is 7.02. The van der Waals surface area contributed by atoms with Crippen molar-refractivity contribution in [2.75, 3.05) is 24.5 Å². The highest BCUT2D eigenvalue weighted by atomic mass is 16.6. The highest BCUT2D eigenvalue weighted by Crippen LogP contribution is 2.24. The molecule has 1 atom stereocenters. The zero-order chi connectivity index (χ0) is 17.7. The van der Waals surface area contributed by atoms with Crippen LogP contribution in [0.15, 0.2) is 24.3 Å². The normalized spacial score (nSPS) is 17.5. The number of ether oxygens (including phenoxy) is 1. The van der Waals surface area contributed by atoms with Gasteiger partial charge in [0.15, 0.2) is 0 Å². The minimum Gasteiger partial charge on any atom is -0.444 e. The summed E-state index contributed by atoms with van der Waals surface area (Å²) in [4.78, 5) is 14.0. The lowest BCUT2D eigenvalue weighted by atomic mass is 10.1. The molecule has 0 saturated carbocycles. The maximum absolute atomic E-state index is 11.7. The number of hydrogen-bond acceptors (Lipinski definition) is 5. The summed E-state index contributed by atoms with van der Waals surface area (Å²) in [6.07, 6.45) is 0.631. The van der Waals surface area contributed by atoms with E-state index in [4.69, 9.17) is 15.4 Å². The van der Waals surface area contributed by atoms with Crippen molar-refractivity contribution in [1.29, 1.82) is 5.41 Å². The molecule has 0 bridgehead atoms. The number of rotatable bonds is 4. The molecule has 1 aromatic carbocycles. The summed E-state index contributed by atoms with van der Waals surface area (Å²) in [6.45, 7) is 7.93. The summed E-state index contributed by atoms with van der Waals surface area (Å²) in [5.41, 5.74) is 3.06. The van der Waals surface area contributed by atoms with Crippen molar-refractivity contribution in [3.05, 3.63) is 29.8 Å². The van der Waals surface area contributed by atoms with Crippen LogP contribution in [0.25, 0.3) is 0 Å². The average Bonchev–Trinajstić information content (AvgIpc) is 2.99. The Hall–Kier alpha value is -2.28. The molecule has 0 radical (unpaired) electrons. The van der Waals surface area contributed by atoms with E-state index < -0.39 is 5.60 Å². The van der Waals surface area contributed by atoms with Crippen LogP contribution in [0, 0.1) is 11.3 Å². The van der Waals surface area contributed by atoms with Gasteiger partial charge in [0.25, 0.3) is 0 Å². The molecule has 1 amide bonds. The molecule has 0 spiro atoms. The molecule has 7 nitrogen and oxygen atoms in total. The van der Waals surface area contributed by atoms with E-state index in [0.717, 1.165) is 25.2 Å². The molecule has 24 heavy (non-hydrogen) atoms. The lowest BCUT2D eigenvalue weighted by Crippen LogP contribution is -2.36. The number of hydrogen-bond donors (Lipinski definition) is 4. The summed E-state index contributed by atoms with van der Waals surface area (Å²) in [5, 5.41) is 19.1. The monoisotopic (exact) mass is 334 g/mol. The second-order valence-electron chi connectivity index (χ2n) is 7.02. The highest BCUT2D eigenvalue weighted by Gasteiger charge is 2.24. The molecular formula is C17H26N4O3. The quantitative estimate of drug-likeness (QED) is 0.385. The number of amidine groups is 1. The van der Waals surface area contributed by atoms with Crippen LogP contribution in [0.3, 0.4) is 0 Å². The fourth-order valence-electron chi connectivity index (χ4n) is 2.68. The molecule has 2 rings (SSSR count). The lowest BCUT2D eigenvalue weighted by molar-refractivity contribution is 0.0520. The molecule has 1 aliphatic heterocycles. The predicted octanol–water partition coefficient (Wildman–Crippen LogP) is 2.34. The zero-order valence-corrected chi connectivity index (χ0v) is 14.4. The van der Waals surface area contributed by atoms with E-state index in [2.05, 4.69) is 10.2 Å². The van der Waals surface area contributed by atoms with E-state index >= 15 is 0 Å². The molecule has 132 valence electrons. The van der Waals surface area contributed by atoms with Gasteiger partial charge in [-0.3, -0.25) is 16.1 Å². The largest absolute Gasteiger partial charge is 0.444 e. The van der Waals surface area contributed by atoms with Crippen molar-refractivity contribution < 1.29 is 14.7 Å². The number of alkyl carbamates (subject to hydrolysis) is 1. The molecule has 4 N–H and O–H groups in total. The summed E-state index contributed by atoms with van der Waals surface area (Å²) < 4.78 is 5.25. The summed E-state index contributed by atoms with van der Waals surface area (Å²) in [7, 11) is 0. The number of carbonyl (C=O) groups is 1. The number of hydroxylamine groups is 1. The highest BCUT2D eigenvalue weighted by molar-refractivity contribution is 5.95. The van der Waals surface area contributed by atoms with E-state index in [9.17, 15) is 4.79 Å². The molecule has 1 aromatic rings. The van der Waals surface area contributed by atoms with Crippen LogP contribution in [-0.4, -0.2) is 42.4 Å². The summed E-state index contributed by atoms with van der Waals surface area (Å²) in [5.74, 6) is 0.358. The maximum Gasteiger partial charge on any atom is 0.407 e. The maximum atomic E-state index is 11.7. The van der Waals surface area contributed by atoms with Gasteiger partial charge in [0.05, 0.1) is 0 Å². The molecule has 1 saturated heterocycles. The molecule has 0 aliphatic carbocycles. The lowest BCUT2D eigenvalue weighted by Gasteiger charge is -2.21. The SMILES string of the molecule is CC(C)(C)OC(=O)NC[C@H]1CCN(c2ccc(C(=N)NO)cc2)C1. The van der Waals surface area contributed by atoms with Gasteiger partial charge in [0.1, 0.15) is 11.4 Å². The Morgan fingerprint density at radius 1 is 1.38 bits per heavy atom. The van der Waals surface area contributed by atoms with Crippen LogP contribution in [0.1, 0.15) is 32.8 Å². The standard InChI is InChI=1S/C17H26N4O3/c1-17(2,3)24-16(22)19-10-12-8-9-21(11-12)14-6-4-13(5-7-14)15(18)20-23/h4-7,12,23H,8-11H2,1-3H3,(H2,18,20)(H,19,22)/t12-/m1/s1. The van der Waals surface area contributed by atoms with Gasteiger partial charge in [-0.1, -0.05) is 0 Å². The fraction of sp³-hybridized carbons (Fsp3) is 0.529. The summed E-state index contributed by atoms with van der Waals surface area (Å²) in [6, 6.07) is 7.47. The Morgan fingerprint density at radius 2 is 2.04 bits per heavy atom. The van der Waals surface area contributed by atoms with Gasteiger partial charge in [0, 0.05) is 30.9 Å². The van der Waals surface area contributed by atoms with Gasteiger partial charge in [-0.2, -0.15) is 0 Å². The number of nitrogens with one attached hydrogen (secondary N) is 3. The van der Waals surface area contributed by atoms with Crippen LogP contribution in [0.4, 0.5) is 10.5 Å². The average molecular weight is 334 g/mol. The minimum absolute atomic E-state index is 0.0255. The first-order valence-corrected chi connectivity index (χ1v) is 8.09. The third kappa shape index (κ3) is 5.13. The number of nitrogens with zero attached hydrogens (tertiary/aromatic N) is 1. The first-order chi connectivity index (χ1) is 11.3. The van der Waals surface area contributed by atoms with Crippen LogP contribution >= 0.6 is 0 Å². The van der Waals surface area contributed by atoms with E-state index in [1.165, 1.54) is 0 Å². The predicted molar refractivity (Wildman–Crippen MR) is 92.7 cm³/mol. The van der Waals surface area contributed by atoms with Crippen molar-refractivity contribution in [2.45, 2.75) is 32.8 Å². The van der Waals surface area contributed by atoms with Gasteiger partial charge in [-0.05, 0) is 57.4 Å². The number of anilines is 1. The molecule has 0 unspecified atom stereocenters. The van der Waals surface area contributed by atoms with Gasteiger partial charge in [-0.15, -0.1) is 0 Å². The second kappa shape index (κ2) is 7.53. The third-order valence-corrected chi connectivity index (χ3v) is 3.85. The number of benzene rings is 1. The first-order valence-electron chi connectivity index (χ1n) is 8.09. The van der Waals surface area contributed by atoms with E-state index in [1.807, 2.05) is 38.4 Å². The Labute approximate surface area is 142 Å². The first kappa shape index (κ1) is 18.1. The molecular weight excluding hydrogens is 308 g/mol. The van der Waals surface area contributed by atoms with Crippen molar-refractivity contribution in [2.24, 2.45) is 5.92 Å². The van der Waals surface area contributed by atoms with Crippen molar-refractivity contribution in [1.82, 2.24) is 10.8 Å². The van der Waals surface area contributed by atoms with Crippen LogP contribution in [0.2, 0.25) is 0 Å². The van der Waals surface area contributed by atoms with Gasteiger partial charge < -0.3 is 15.0 Å². The van der Waals surface area contributed by atoms with Crippen LogP contribution < -0.4 is 15.7 Å². The summed E-state index contributed by atoms with van der Waals surface area (Å²) >= 11 is 0. The van der Waals surface area contributed by atoms with Gasteiger partial charge in [0.2, 0.25) is 0 Å². The molecule has 0 aromatic heterocycles. The molecule has 7 heteroatoms. The third-order valence-electron chi connectivity index (χ3n) is 3.85. The Morgan fingerprint density at radius 3 is 2.62 bits per heavy atom. The molecule has 1 aliphatic rings. The number of amides is 1. The van der Waals surface area contributed by atoms with Crippen molar-refractivity contribution >= 4 is 17.6 Å². The van der Waals surface area contributed by atoms with E-state index in [0.29, 0.717) is 18.0 Å². The Kier molecular flexibility index (Phi) is 5.66. The minimum atomic E-state index is -0.481. The van der Waals surface area contributed by atoms with Gasteiger partial charge in [-0.25, -0.2) is 4.79 Å². The van der Waals surface area contributed by atoms with E-state index in [1.54, 1.807) is 12.1 Å². The Bertz CT molecular complexity index is 580.